The maximum absolute atomic E-state index is 12.7. The molecule has 0 heterocycles. The first kappa shape index (κ1) is 45.5. The highest BCUT2D eigenvalue weighted by atomic mass is 35.5. The average molecular weight is 758 g/mol. The minimum absolute atomic E-state index is 0.0145. The number of hydrogen-bond acceptors (Lipinski definition) is 5. The van der Waals surface area contributed by atoms with Gasteiger partial charge in [0.2, 0.25) is 5.91 Å². The maximum Gasteiger partial charge on any atom is 0.263 e. The lowest BCUT2D eigenvalue weighted by molar-refractivity contribution is -0.134. The summed E-state index contributed by atoms with van der Waals surface area (Å²) in [5.41, 5.74) is 0.493. The van der Waals surface area contributed by atoms with Crippen LogP contribution in [0.15, 0.2) is 121 Å². The van der Waals surface area contributed by atoms with E-state index in [9.17, 15) is 14.4 Å². The minimum atomic E-state index is -1.09. The molecule has 8 nitrogen and oxygen atoms in total. The Kier molecular flexibility index (Phi) is 24.3. The van der Waals surface area contributed by atoms with E-state index >= 15 is 0 Å². The third-order valence-corrected chi connectivity index (χ3v) is 8.14. The molecule has 0 bridgehead atoms. The molecule has 0 radical (unpaired) electrons. The topological polar surface area (TPSA) is 106 Å². The Balaban J connectivity index is 1.46. The van der Waals surface area contributed by atoms with Gasteiger partial charge < -0.3 is 25.4 Å². The highest BCUT2D eigenvalue weighted by molar-refractivity contribution is 6.30. The van der Waals surface area contributed by atoms with Crippen LogP contribution in [-0.4, -0.2) is 56.2 Å². The van der Waals surface area contributed by atoms with Gasteiger partial charge in [0.05, 0.1) is 13.2 Å². The van der Waals surface area contributed by atoms with Gasteiger partial charge in [0, 0.05) is 36.6 Å². The quantitative estimate of drug-likeness (QED) is 0.0623. The second kappa shape index (κ2) is 28.8. The van der Waals surface area contributed by atoms with Gasteiger partial charge in [0.15, 0.2) is 5.60 Å². The molecule has 0 atom stereocenters. The molecule has 0 aliphatic heterocycles. The van der Waals surface area contributed by atoms with Crippen molar-refractivity contribution in [3.63, 3.8) is 0 Å². The standard InChI is InChI=1S/C45H60ClN3O5/c1-4-5-6-7-8-9-10-11-12-13-14-15-16-17-18-19-20-21-22-23-42(50)47-34-36-53-37-35-49-44(52)45(2,3)54-41-30-24-38(25-31-41)32-33-48-43(51)39-26-28-40(46)29-27-39/h5-6,8-9,11-12,14-15,17-18,20-21,24-31H,4,7,10,13,16,19,22-23,32-37H2,1-3H3,(H,47,50)(H,48,51)(H,49,52)/b6-5-,9-8-,12-11-,15-14-,18-17-,21-20-. The van der Waals surface area contributed by atoms with Gasteiger partial charge in [-0.3, -0.25) is 14.4 Å². The first-order chi connectivity index (χ1) is 26.2. The Morgan fingerprint density at radius 2 is 1.17 bits per heavy atom. The molecule has 2 aromatic carbocycles. The molecule has 0 spiro atoms. The van der Waals surface area contributed by atoms with Crippen LogP contribution < -0.4 is 20.7 Å². The van der Waals surface area contributed by atoms with E-state index in [2.05, 4.69) is 89.7 Å². The molecule has 2 aromatic rings. The summed E-state index contributed by atoms with van der Waals surface area (Å²) in [6.45, 7) is 7.46. The monoisotopic (exact) mass is 757 g/mol. The van der Waals surface area contributed by atoms with Gasteiger partial charge in [0.1, 0.15) is 5.75 Å². The zero-order valence-electron chi connectivity index (χ0n) is 32.4. The number of rotatable bonds is 27. The van der Waals surface area contributed by atoms with E-state index < -0.39 is 5.60 Å². The lowest BCUT2D eigenvalue weighted by atomic mass is 10.1. The number of nitrogens with one attached hydrogen (secondary N) is 3. The zero-order valence-corrected chi connectivity index (χ0v) is 33.1. The molecular weight excluding hydrogens is 698 g/mol. The Morgan fingerprint density at radius 3 is 1.72 bits per heavy atom. The van der Waals surface area contributed by atoms with Crippen molar-refractivity contribution < 1.29 is 23.9 Å². The van der Waals surface area contributed by atoms with E-state index in [1.807, 2.05) is 30.3 Å². The van der Waals surface area contributed by atoms with Crippen molar-refractivity contribution in [3.8, 4) is 5.75 Å². The molecule has 0 aliphatic rings. The van der Waals surface area contributed by atoms with E-state index in [1.165, 1.54) is 0 Å². The van der Waals surface area contributed by atoms with Crippen molar-refractivity contribution in [3.05, 3.63) is 138 Å². The number of halogens is 1. The van der Waals surface area contributed by atoms with Crippen molar-refractivity contribution in [2.75, 3.05) is 32.8 Å². The third kappa shape index (κ3) is 22.4. The lowest BCUT2D eigenvalue weighted by Crippen LogP contribution is -2.47. The molecule has 292 valence electrons. The Labute approximate surface area is 328 Å². The predicted octanol–water partition coefficient (Wildman–Crippen LogP) is 9.20. The summed E-state index contributed by atoms with van der Waals surface area (Å²) in [6, 6.07) is 14.2. The molecule has 54 heavy (non-hydrogen) atoms. The Bertz CT molecular complexity index is 1540. The van der Waals surface area contributed by atoms with Crippen molar-refractivity contribution in [2.45, 2.75) is 84.2 Å². The van der Waals surface area contributed by atoms with Gasteiger partial charge in [0.25, 0.3) is 11.8 Å². The summed E-state index contributed by atoms with van der Waals surface area (Å²) in [7, 11) is 0. The average Bonchev–Trinajstić information content (AvgIpc) is 3.16. The molecule has 9 heteroatoms. The number of hydrogen-bond donors (Lipinski definition) is 3. The first-order valence-corrected chi connectivity index (χ1v) is 19.4. The van der Waals surface area contributed by atoms with Crippen LogP contribution >= 0.6 is 11.6 Å². The third-order valence-electron chi connectivity index (χ3n) is 7.88. The molecule has 0 aromatic heterocycles. The highest BCUT2D eigenvalue weighted by Gasteiger charge is 2.29. The van der Waals surface area contributed by atoms with Crippen LogP contribution in [-0.2, 0) is 20.7 Å². The minimum Gasteiger partial charge on any atom is -0.478 e. The first-order valence-electron chi connectivity index (χ1n) is 19.1. The van der Waals surface area contributed by atoms with Gasteiger partial charge in [-0.05, 0) is 107 Å². The van der Waals surface area contributed by atoms with Crippen LogP contribution in [0, 0.1) is 0 Å². The van der Waals surface area contributed by atoms with E-state index in [0.717, 1.165) is 44.1 Å². The molecule has 0 unspecified atom stereocenters. The predicted molar refractivity (Wildman–Crippen MR) is 223 cm³/mol. The normalized spacial score (nSPS) is 12.2. The van der Waals surface area contributed by atoms with Gasteiger partial charge in [-0.15, -0.1) is 0 Å². The Hall–Kier alpha value is -4.66. The highest BCUT2D eigenvalue weighted by Crippen LogP contribution is 2.19. The number of amides is 3. The van der Waals surface area contributed by atoms with E-state index in [0.29, 0.717) is 68.4 Å². The summed E-state index contributed by atoms with van der Waals surface area (Å²) in [5.74, 6) is 0.138. The van der Waals surface area contributed by atoms with Gasteiger partial charge in [-0.25, -0.2) is 0 Å². The van der Waals surface area contributed by atoms with Crippen LogP contribution in [0.4, 0.5) is 0 Å². The number of carbonyl (C=O) groups is 3. The van der Waals surface area contributed by atoms with Crippen LogP contribution in [0.5, 0.6) is 5.75 Å². The largest absolute Gasteiger partial charge is 0.478 e. The fraction of sp³-hybridized carbons (Fsp3) is 0.400. The molecule has 2 rings (SSSR count). The second-order valence-electron chi connectivity index (χ2n) is 12.9. The summed E-state index contributed by atoms with van der Waals surface area (Å²) in [4.78, 5) is 37.1. The molecule has 0 fully saturated rings. The molecule has 0 aliphatic carbocycles. The van der Waals surface area contributed by atoms with Crippen LogP contribution in [0.25, 0.3) is 0 Å². The summed E-state index contributed by atoms with van der Waals surface area (Å²) in [6.07, 6.45) is 33.5. The maximum atomic E-state index is 12.7. The van der Waals surface area contributed by atoms with Crippen LogP contribution in [0.1, 0.15) is 88.1 Å². The van der Waals surface area contributed by atoms with Crippen molar-refractivity contribution in [1.29, 1.82) is 0 Å². The fourth-order valence-electron chi connectivity index (χ4n) is 4.85. The summed E-state index contributed by atoms with van der Waals surface area (Å²) in [5, 5.41) is 9.19. The zero-order chi connectivity index (χ0) is 39.1. The smallest absolute Gasteiger partial charge is 0.263 e. The second-order valence-corrected chi connectivity index (χ2v) is 13.4. The van der Waals surface area contributed by atoms with Crippen LogP contribution in [0.2, 0.25) is 5.02 Å². The van der Waals surface area contributed by atoms with Gasteiger partial charge >= 0.3 is 0 Å². The van der Waals surface area contributed by atoms with E-state index in [4.69, 9.17) is 21.1 Å². The molecule has 0 saturated heterocycles. The summed E-state index contributed by atoms with van der Waals surface area (Å²) >= 11 is 5.88. The Morgan fingerprint density at radius 1 is 0.648 bits per heavy atom. The number of benzene rings is 2. The fourth-order valence-corrected chi connectivity index (χ4v) is 4.97. The van der Waals surface area contributed by atoms with E-state index in [-0.39, 0.29) is 17.7 Å². The number of ether oxygens (including phenoxy) is 2. The van der Waals surface area contributed by atoms with Gasteiger partial charge in [-0.2, -0.15) is 0 Å². The summed E-state index contributed by atoms with van der Waals surface area (Å²) < 4.78 is 11.5. The van der Waals surface area contributed by atoms with Gasteiger partial charge in [-0.1, -0.05) is 104 Å². The number of allylic oxidation sites excluding steroid dienone is 12. The lowest BCUT2D eigenvalue weighted by Gasteiger charge is -2.25. The van der Waals surface area contributed by atoms with Crippen molar-refractivity contribution >= 4 is 29.3 Å². The van der Waals surface area contributed by atoms with Crippen molar-refractivity contribution in [1.82, 2.24) is 16.0 Å². The number of carbonyl (C=O) groups excluding carboxylic acids is 3. The molecule has 3 N–H and O–H groups in total. The SMILES string of the molecule is CC/C=C\C/C=C\C/C=C\C/C=C\C/C=C\C/C=C\CCC(=O)NCCOCCNC(=O)C(C)(C)Oc1ccc(CCNC(=O)c2ccc(Cl)cc2)cc1. The van der Waals surface area contributed by atoms with Crippen LogP contribution in [0.3, 0.4) is 0 Å². The molecule has 0 saturated carbocycles. The van der Waals surface area contributed by atoms with Crippen molar-refractivity contribution in [2.24, 2.45) is 0 Å². The molecular formula is C45H60ClN3O5. The van der Waals surface area contributed by atoms with E-state index in [1.54, 1.807) is 38.1 Å². The molecule has 3 amide bonds.